The highest BCUT2D eigenvalue weighted by Crippen LogP contribution is 2.47. The van der Waals surface area contributed by atoms with E-state index in [9.17, 15) is 20.0 Å². The molecule has 170 valence electrons. The zero-order valence-electron chi connectivity index (χ0n) is 17.7. The zero-order chi connectivity index (χ0) is 22.2. The number of carbonyl (C=O) groups excluding carboxylic acids is 1. The Morgan fingerprint density at radius 3 is 2.81 bits per heavy atom. The van der Waals surface area contributed by atoms with E-state index in [4.69, 9.17) is 9.47 Å². The minimum absolute atomic E-state index is 0.0772. The molecule has 0 saturated heterocycles. The molecule has 3 atom stereocenters. The number of rotatable bonds is 12. The number of hydrogen-bond acceptors (Lipinski definition) is 8. The third-order valence-electron chi connectivity index (χ3n) is 5.52. The number of amides is 1. The van der Waals surface area contributed by atoms with Crippen molar-refractivity contribution in [2.45, 2.75) is 38.9 Å². The van der Waals surface area contributed by atoms with Gasteiger partial charge in [0, 0.05) is 38.3 Å². The average molecular weight is 434 g/mol. The highest BCUT2D eigenvalue weighted by molar-refractivity contribution is 5.91. The Morgan fingerprint density at radius 2 is 2.19 bits per heavy atom. The van der Waals surface area contributed by atoms with Crippen LogP contribution in [0.5, 0.6) is 0 Å². The lowest BCUT2D eigenvalue weighted by atomic mass is 9.82. The number of ether oxygens (including phenoxy) is 2. The SMILES string of the molecule is CCO[C@H]1OC(C(=O)NCCNc2ccc([N+](=O)[O-])cn2)=C[C@@H](C2CC2)[C@H]1CCCO. The molecule has 10 heteroatoms. The van der Waals surface area contributed by atoms with Crippen LogP contribution in [-0.2, 0) is 14.3 Å². The highest BCUT2D eigenvalue weighted by atomic mass is 16.7. The molecule has 10 nitrogen and oxygen atoms in total. The van der Waals surface area contributed by atoms with Crippen molar-refractivity contribution in [3.63, 3.8) is 0 Å². The first-order valence-corrected chi connectivity index (χ1v) is 10.8. The molecule has 31 heavy (non-hydrogen) atoms. The third-order valence-corrected chi connectivity index (χ3v) is 5.52. The maximum atomic E-state index is 12.7. The van der Waals surface area contributed by atoms with Gasteiger partial charge in [-0.25, -0.2) is 4.98 Å². The summed E-state index contributed by atoms with van der Waals surface area (Å²) in [6.45, 7) is 3.25. The molecule has 1 fully saturated rings. The Bertz CT molecular complexity index is 781. The van der Waals surface area contributed by atoms with Gasteiger partial charge >= 0.3 is 0 Å². The molecular formula is C21H30N4O6. The van der Waals surface area contributed by atoms with E-state index in [0.717, 1.165) is 19.3 Å². The van der Waals surface area contributed by atoms with Crippen LogP contribution in [0.25, 0.3) is 0 Å². The summed E-state index contributed by atoms with van der Waals surface area (Å²) in [7, 11) is 0. The lowest BCUT2D eigenvalue weighted by Gasteiger charge is -2.37. The molecule has 0 spiro atoms. The number of carbonyl (C=O) groups is 1. The van der Waals surface area contributed by atoms with E-state index in [1.165, 1.54) is 18.3 Å². The van der Waals surface area contributed by atoms with Crippen LogP contribution in [0.4, 0.5) is 11.5 Å². The zero-order valence-corrected chi connectivity index (χ0v) is 17.7. The van der Waals surface area contributed by atoms with E-state index in [1.54, 1.807) is 0 Å². The quantitative estimate of drug-likeness (QED) is 0.259. The Kier molecular flexibility index (Phi) is 8.19. The molecule has 1 saturated carbocycles. The number of aliphatic hydroxyl groups is 1. The molecule has 2 aliphatic rings. The minimum atomic E-state index is -0.506. The molecule has 3 N–H and O–H groups in total. The summed E-state index contributed by atoms with van der Waals surface area (Å²) in [5.41, 5.74) is -0.0772. The van der Waals surface area contributed by atoms with E-state index >= 15 is 0 Å². The average Bonchev–Trinajstić information content (AvgIpc) is 3.61. The van der Waals surface area contributed by atoms with Gasteiger partial charge < -0.3 is 25.2 Å². The molecule has 1 aromatic heterocycles. The summed E-state index contributed by atoms with van der Waals surface area (Å²) < 4.78 is 11.7. The second-order valence-corrected chi connectivity index (χ2v) is 7.76. The number of anilines is 1. The van der Waals surface area contributed by atoms with E-state index < -0.39 is 11.2 Å². The van der Waals surface area contributed by atoms with Gasteiger partial charge in [-0.3, -0.25) is 14.9 Å². The Labute approximate surface area is 181 Å². The summed E-state index contributed by atoms with van der Waals surface area (Å²) in [5, 5.41) is 25.7. The number of hydrogen-bond donors (Lipinski definition) is 3. The van der Waals surface area contributed by atoms with Crippen LogP contribution in [0, 0.1) is 27.9 Å². The number of pyridine rings is 1. The number of nitrogens with one attached hydrogen (secondary N) is 2. The van der Waals surface area contributed by atoms with Gasteiger partial charge in [-0.2, -0.15) is 0 Å². The van der Waals surface area contributed by atoms with Crippen molar-refractivity contribution in [1.82, 2.24) is 10.3 Å². The maximum absolute atomic E-state index is 12.7. The second kappa shape index (κ2) is 11.1. The second-order valence-electron chi connectivity index (χ2n) is 7.76. The standard InChI is InChI=1S/C21H30N4O6/c1-2-30-21-16(4-3-11-26)17(14-5-6-14)12-18(31-21)20(27)23-10-9-22-19-8-7-15(13-24-19)25(28)29/h7-8,12-14,16-17,21,26H,2-6,9-11H2,1H3,(H,22,24)(H,23,27)/t16-,17+,21+/m1/s1. The first-order chi connectivity index (χ1) is 15.0. The fourth-order valence-electron chi connectivity index (χ4n) is 3.86. The van der Waals surface area contributed by atoms with Crippen LogP contribution in [-0.4, -0.2) is 53.5 Å². The van der Waals surface area contributed by atoms with Crippen LogP contribution < -0.4 is 10.6 Å². The van der Waals surface area contributed by atoms with Crippen LogP contribution in [0.15, 0.2) is 30.2 Å². The minimum Gasteiger partial charge on any atom is -0.459 e. The first-order valence-electron chi connectivity index (χ1n) is 10.8. The normalized spacial score (nSPS) is 22.9. The van der Waals surface area contributed by atoms with E-state index in [-0.39, 0.29) is 35.8 Å². The molecule has 1 aliphatic carbocycles. The summed E-state index contributed by atoms with van der Waals surface area (Å²) >= 11 is 0. The predicted octanol–water partition coefficient (Wildman–Crippen LogP) is 2.21. The van der Waals surface area contributed by atoms with Gasteiger partial charge in [-0.05, 0) is 56.6 Å². The maximum Gasteiger partial charge on any atom is 0.287 e. The lowest BCUT2D eigenvalue weighted by Crippen LogP contribution is -2.41. The number of allylic oxidation sites excluding steroid dienone is 1. The fourth-order valence-corrected chi connectivity index (χ4v) is 3.86. The van der Waals surface area contributed by atoms with Gasteiger partial charge in [0.05, 0.1) is 4.92 Å². The molecule has 0 radical (unpaired) electrons. The van der Waals surface area contributed by atoms with Crippen LogP contribution in [0.1, 0.15) is 32.6 Å². The molecule has 0 aromatic carbocycles. The molecule has 1 aromatic rings. The van der Waals surface area contributed by atoms with Crippen molar-refractivity contribution in [3.05, 3.63) is 40.3 Å². The van der Waals surface area contributed by atoms with Gasteiger partial charge in [-0.15, -0.1) is 0 Å². The van der Waals surface area contributed by atoms with Crippen molar-refractivity contribution >= 4 is 17.4 Å². The number of aromatic nitrogens is 1. The summed E-state index contributed by atoms with van der Waals surface area (Å²) in [5.74, 6) is 1.35. The lowest BCUT2D eigenvalue weighted by molar-refractivity contribution is -0.385. The molecule has 0 bridgehead atoms. The fraction of sp³-hybridized carbons (Fsp3) is 0.619. The Hall–Kier alpha value is -2.72. The van der Waals surface area contributed by atoms with Crippen molar-refractivity contribution in [2.24, 2.45) is 17.8 Å². The van der Waals surface area contributed by atoms with Crippen LogP contribution in [0.3, 0.4) is 0 Å². The number of nitrogens with zero attached hydrogens (tertiary/aromatic N) is 2. The predicted molar refractivity (Wildman–Crippen MR) is 113 cm³/mol. The van der Waals surface area contributed by atoms with Crippen LogP contribution >= 0.6 is 0 Å². The highest BCUT2D eigenvalue weighted by Gasteiger charge is 2.43. The Balaban J connectivity index is 1.54. The smallest absolute Gasteiger partial charge is 0.287 e. The van der Waals surface area contributed by atoms with Gasteiger partial charge in [-0.1, -0.05) is 0 Å². The van der Waals surface area contributed by atoms with Crippen molar-refractivity contribution in [2.75, 3.05) is 31.6 Å². The molecule has 2 heterocycles. The monoisotopic (exact) mass is 434 g/mol. The molecule has 0 unspecified atom stereocenters. The van der Waals surface area contributed by atoms with Gasteiger partial charge in [0.15, 0.2) is 5.76 Å². The van der Waals surface area contributed by atoms with E-state index in [2.05, 4.69) is 15.6 Å². The molecular weight excluding hydrogens is 404 g/mol. The summed E-state index contributed by atoms with van der Waals surface area (Å²) in [4.78, 5) is 26.8. The van der Waals surface area contributed by atoms with Gasteiger partial charge in [0.1, 0.15) is 12.0 Å². The van der Waals surface area contributed by atoms with E-state index in [0.29, 0.717) is 37.9 Å². The number of nitro groups is 1. The van der Waals surface area contributed by atoms with E-state index in [1.807, 2.05) is 13.0 Å². The Morgan fingerprint density at radius 1 is 1.39 bits per heavy atom. The van der Waals surface area contributed by atoms with Crippen molar-refractivity contribution in [3.8, 4) is 0 Å². The molecule has 3 rings (SSSR count). The molecule has 1 aliphatic heterocycles. The molecule has 1 amide bonds. The van der Waals surface area contributed by atoms with Crippen molar-refractivity contribution < 1.29 is 24.3 Å². The largest absolute Gasteiger partial charge is 0.459 e. The summed E-state index contributed by atoms with van der Waals surface area (Å²) in [6.07, 6.45) is 6.36. The van der Waals surface area contributed by atoms with Gasteiger partial charge in [0.25, 0.3) is 11.6 Å². The van der Waals surface area contributed by atoms with Gasteiger partial charge in [0.2, 0.25) is 6.29 Å². The van der Waals surface area contributed by atoms with Crippen molar-refractivity contribution in [1.29, 1.82) is 0 Å². The van der Waals surface area contributed by atoms with Crippen LogP contribution in [0.2, 0.25) is 0 Å². The first kappa shape index (κ1) is 23.0. The topological polar surface area (TPSA) is 136 Å². The number of aliphatic hydroxyl groups excluding tert-OH is 1. The third kappa shape index (κ3) is 6.38. The summed E-state index contributed by atoms with van der Waals surface area (Å²) in [6, 6.07) is 2.89.